The molecule has 1 saturated heterocycles. The first-order chi connectivity index (χ1) is 15.6. The molecule has 0 aliphatic carbocycles. The number of pyridine rings is 1. The number of aryl methyl sites for hydroxylation is 1. The van der Waals surface area contributed by atoms with Crippen LogP contribution in [0.25, 0.3) is 10.9 Å². The highest BCUT2D eigenvalue weighted by Crippen LogP contribution is 2.38. The van der Waals surface area contributed by atoms with Crippen LogP contribution in [-0.2, 0) is 10.9 Å². The van der Waals surface area contributed by atoms with Crippen LogP contribution in [0, 0.1) is 6.92 Å². The summed E-state index contributed by atoms with van der Waals surface area (Å²) in [6.07, 6.45) is -3.76. The summed E-state index contributed by atoms with van der Waals surface area (Å²) in [5.74, 6) is 1.11. The summed E-state index contributed by atoms with van der Waals surface area (Å²) < 4.78 is 56.8. The van der Waals surface area contributed by atoms with Gasteiger partial charge in [-0.1, -0.05) is 0 Å². The fourth-order valence-corrected chi connectivity index (χ4v) is 3.93. The molecule has 1 aliphatic rings. The van der Waals surface area contributed by atoms with Gasteiger partial charge in [0.15, 0.2) is 11.5 Å². The Hall–Kier alpha value is -3.20. The largest absolute Gasteiger partial charge is 0.493 e. The fourth-order valence-electron chi connectivity index (χ4n) is 3.93. The molecule has 0 bridgehead atoms. The minimum absolute atomic E-state index is 0.0587. The zero-order chi connectivity index (χ0) is 23.8. The maximum Gasteiger partial charge on any atom is 0.416 e. The van der Waals surface area contributed by atoms with Gasteiger partial charge in [0.2, 0.25) is 0 Å². The number of fused-ring (bicyclic) bond motifs is 1. The molecule has 0 amide bonds. The number of methoxy groups -OCH3 is 1. The van der Waals surface area contributed by atoms with Gasteiger partial charge >= 0.3 is 6.18 Å². The number of nitrogen functional groups attached to an aromatic ring is 1. The van der Waals surface area contributed by atoms with Crippen molar-refractivity contribution in [3.8, 4) is 11.5 Å². The normalized spacial score (nSPS) is 17.2. The summed E-state index contributed by atoms with van der Waals surface area (Å²) in [5, 5.41) is 4.09. The van der Waals surface area contributed by atoms with Gasteiger partial charge in [-0.05, 0) is 49.7 Å². The van der Waals surface area contributed by atoms with E-state index >= 15 is 0 Å². The zero-order valence-electron chi connectivity index (χ0n) is 18.6. The molecule has 2 aromatic carbocycles. The average molecular weight is 461 g/mol. The molecule has 1 aliphatic heterocycles. The van der Waals surface area contributed by atoms with E-state index in [4.69, 9.17) is 19.9 Å². The quantitative estimate of drug-likeness (QED) is 0.473. The van der Waals surface area contributed by atoms with Crippen LogP contribution in [0.2, 0.25) is 0 Å². The predicted molar refractivity (Wildman–Crippen MR) is 121 cm³/mol. The monoisotopic (exact) mass is 461 g/mol. The fraction of sp³-hybridized carbons (Fsp3) is 0.375. The number of anilines is 2. The van der Waals surface area contributed by atoms with E-state index in [9.17, 15) is 13.2 Å². The highest BCUT2D eigenvalue weighted by Gasteiger charge is 2.31. The molecule has 0 spiro atoms. The van der Waals surface area contributed by atoms with Gasteiger partial charge in [-0.3, -0.25) is 4.98 Å². The van der Waals surface area contributed by atoms with E-state index in [1.54, 1.807) is 26.2 Å². The van der Waals surface area contributed by atoms with Gasteiger partial charge in [-0.2, -0.15) is 13.2 Å². The molecule has 1 aromatic heterocycles. The van der Waals surface area contributed by atoms with Gasteiger partial charge < -0.3 is 25.3 Å². The van der Waals surface area contributed by atoms with Crippen LogP contribution in [-0.4, -0.2) is 31.4 Å². The molecule has 2 atom stereocenters. The second-order valence-corrected chi connectivity index (χ2v) is 8.19. The smallest absolute Gasteiger partial charge is 0.416 e. The molecule has 6 nitrogen and oxygen atoms in total. The van der Waals surface area contributed by atoms with E-state index in [2.05, 4.69) is 10.3 Å². The number of aromatic nitrogens is 1. The minimum atomic E-state index is -4.48. The number of nitrogens with two attached hydrogens (primary N) is 1. The molecule has 9 heteroatoms. The predicted octanol–water partition coefficient (Wildman–Crippen LogP) is 5.49. The first kappa shape index (κ1) is 23.0. The van der Waals surface area contributed by atoms with Crippen LogP contribution in [0.3, 0.4) is 0 Å². The number of hydrogen-bond donors (Lipinski definition) is 2. The Balaban J connectivity index is 1.71. The molecule has 1 fully saturated rings. The number of ether oxygens (including phenoxy) is 3. The summed E-state index contributed by atoms with van der Waals surface area (Å²) in [7, 11) is 1.56. The van der Waals surface area contributed by atoms with Crippen LogP contribution in [0.1, 0.15) is 36.2 Å². The van der Waals surface area contributed by atoms with Crippen molar-refractivity contribution in [3.05, 3.63) is 53.2 Å². The number of hydrogen-bond acceptors (Lipinski definition) is 6. The highest BCUT2D eigenvalue weighted by molar-refractivity contribution is 5.94. The van der Waals surface area contributed by atoms with Gasteiger partial charge in [-0.15, -0.1) is 0 Å². The number of nitrogens with one attached hydrogen (secondary N) is 1. The molecular weight excluding hydrogens is 435 g/mol. The van der Waals surface area contributed by atoms with Crippen molar-refractivity contribution in [1.82, 2.24) is 4.98 Å². The molecule has 176 valence electrons. The number of nitrogens with zero attached hydrogens (tertiary/aromatic N) is 1. The average Bonchev–Trinajstić information content (AvgIpc) is 3.25. The molecule has 2 heterocycles. The minimum Gasteiger partial charge on any atom is -0.493 e. The third-order valence-corrected chi connectivity index (χ3v) is 5.58. The van der Waals surface area contributed by atoms with E-state index in [-0.39, 0.29) is 11.8 Å². The summed E-state index contributed by atoms with van der Waals surface area (Å²) in [5.41, 5.74) is 7.61. The Morgan fingerprint density at radius 3 is 2.61 bits per heavy atom. The maximum absolute atomic E-state index is 13.3. The molecule has 3 aromatic rings. The van der Waals surface area contributed by atoms with Crippen molar-refractivity contribution < 1.29 is 27.4 Å². The second-order valence-electron chi connectivity index (χ2n) is 8.19. The molecule has 4 rings (SSSR count). The summed E-state index contributed by atoms with van der Waals surface area (Å²) in [6, 6.07) is 8.63. The van der Waals surface area contributed by atoms with Crippen molar-refractivity contribution in [2.45, 2.75) is 38.6 Å². The van der Waals surface area contributed by atoms with E-state index in [0.717, 1.165) is 35.3 Å². The van der Waals surface area contributed by atoms with Crippen LogP contribution in [0.15, 0.2) is 36.4 Å². The standard InChI is InChI=1S/C24H26F3N3O3/c1-13-6-20(30-14(2)15-7-16(24(25,26)27)9-17(28)8-15)19-10-23(33-18-4-5-32-12-18)22(31-3)11-21(19)29-13/h6-11,14,18H,4-5,12,28H2,1-3H3,(H,29,30)/t14-,18?/m1/s1. The Morgan fingerprint density at radius 1 is 1.15 bits per heavy atom. The summed E-state index contributed by atoms with van der Waals surface area (Å²) in [6.45, 7) is 4.79. The van der Waals surface area contributed by atoms with Crippen LogP contribution in [0.5, 0.6) is 11.5 Å². The van der Waals surface area contributed by atoms with E-state index < -0.39 is 17.8 Å². The van der Waals surface area contributed by atoms with Gasteiger partial charge in [0.1, 0.15) is 6.10 Å². The first-order valence-electron chi connectivity index (χ1n) is 10.6. The van der Waals surface area contributed by atoms with Crippen LogP contribution in [0.4, 0.5) is 24.5 Å². The molecule has 1 unspecified atom stereocenters. The van der Waals surface area contributed by atoms with Gasteiger partial charge in [0, 0.05) is 41.0 Å². The Bertz CT molecular complexity index is 1160. The third kappa shape index (κ3) is 5.08. The van der Waals surface area contributed by atoms with Crippen LogP contribution >= 0.6 is 0 Å². The van der Waals surface area contributed by atoms with Gasteiger partial charge in [0.05, 0.1) is 31.4 Å². The zero-order valence-corrected chi connectivity index (χ0v) is 18.6. The summed E-state index contributed by atoms with van der Waals surface area (Å²) >= 11 is 0. The van der Waals surface area contributed by atoms with E-state index in [1.807, 2.05) is 19.1 Å². The summed E-state index contributed by atoms with van der Waals surface area (Å²) in [4.78, 5) is 4.59. The van der Waals surface area contributed by atoms with E-state index in [1.165, 1.54) is 0 Å². The lowest BCUT2D eigenvalue weighted by atomic mass is 10.0. The SMILES string of the molecule is COc1cc2nc(C)cc(N[C@H](C)c3cc(N)cc(C(F)(F)F)c3)c2cc1OC1CCOC1. The molecule has 33 heavy (non-hydrogen) atoms. The Labute approximate surface area is 189 Å². The molecule has 3 N–H and O–H groups in total. The van der Waals surface area contributed by atoms with Crippen molar-refractivity contribution in [3.63, 3.8) is 0 Å². The number of rotatable bonds is 6. The topological polar surface area (TPSA) is 78.6 Å². The van der Waals surface area contributed by atoms with Crippen molar-refractivity contribution in [2.75, 3.05) is 31.4 Å². The third-order valence-electron chi connectivity index (χ3n) is 5.58. The number of alkyl halides is 3. The van der Waals surface area contributed by atoms with E-state index in [0.29, 0.717) is 35.8 Å². The molecule has 0 saturated carbocycles. The lowest BCUT2D eigenvalue weighted by molar-refractivity contribution is -0.137. The van der Waals surface area contributed by atoms with Gasteiger partial charge in [-0.25, -0.2) is 0 Å². The number of halogens is 3. The maximum atomic E-state index is 13.3. The molecule has 0 radical (unpaired) electrons. The van der Waals surface area contributed by atoms with Crippen molar-refractivity contribution in [2.24, 2.45) is 0 Å². The first-order valence-corrected chi connectivity index (χ1v) is 10.6. The lowest BCUT2D eigenvalue weighted by Crippen LogP contribution is -2.16. The number of benzene rings is 2. The second kappa shape index (κ2) is 8.97. The van der Waals surface area contributed by atoms with Gasteiger partial charge in [0.25, 0.3) is 0 Å². The van der Waals surface area contributed by atoms with Crippen molar-refractivity contribution >= 4 is 22.3 Å². The van der Waals surface area contributed by atoms with Crippen LogP contribution < -0.4 is 20.5 Å². The Morgan fingerprint density at radius 2 is 1.94 bits per heavy atom. The lowest BCUT2D eigenvalue weighted by Gasteiger charge is -2.21. The highest BCUT2D eigenvalue weighted by atomic mass is 19.4. The Kier molecular flexibility index (Phi) is 6.25. The molecular formula is C24H26F3N3O3. The van der Waals surface area contributed by atoms with Crippen molar-refractivity contribution in [1.29, 1.82) is 0 Å².